The number of nitrogens with zero attached hydrogens (tertiary/aromatic N) is 3. The molecule has 2 rings (SSSR count). The second-order valence-electron chi connectivity index (χ2n) is 4.54. The summed E-state index contributed by atoms with van der Waals surface area (Å²) in [5.74, 6) is -0.469. The van der Waals surface area contributed by atoms with Crippen molar-refractivity contribution in [2.24, 2.45) is 0 Å². The number of carbonyl (C=O) groups excluding carboxylic acids is 1. The summed E-state index contributed by atoms with van der Waals surface area (Å²) in [6.07, 6.45) is 0. The van der Waals surface area contributed by atoms with Gasteiger partial charge >= 0.3 is 5.97 Å². The lowest BCUT2D eigenvalue weighted by atomic mass is 10.1. The van der Waals surface area contributed by atoms with Crippen LogP contribution in [0.25, 0.3) is 0 Å². The van der Waals surface area contributed by atoms with Gasteiger partial charge in [-0.3, -0.25) is 0 Å². The Balaban J connectivity index is 2.16. The van der Waals surface area contributed by atoms with Crippen molar-refractivity contribution in [1.82, 2.24) is 10.3 Å². The molecule has 0 saturated carbocycles. The van der Waals surface area contributed by atoms with E-state index in [2.05, 4.69) is 14.9 Å². The largest absolute Gasteiger partial charge is 0.455 e. The van der Waals surface area contributed by atoms with Gasteiger partial charge < -0.3 is 15.4 Å². The molecule has 106 valence electrons. The Labute approximate surface area is 116 Å². The molecule has 2 aromatic rings. The van der Waals surface area contributed by atoms with Crippen LogP contribution in [0.5, 0.6) is 0 Å². The number of aryl methyl sites for hydroxylation is 1. The van der Waals surface area contributed by atoms with Gasteiger partial charge in [-0.15, -0.1) is 0 Å². The second-order valence-corrected chi connectivity index (χ2v) is 4.54. The van der Waals surface area contributed by atoms with E-state index in [0.29, 0.717) is 22.6 Å². The number of rotatable bonds is 4. The van der Waals surface area contributed by atoms with Gasteiger partial charge in [0.2, 0.25) is 0 Å². The lowest BCUT2D eigenvalue weighted by Crippen LogP contribution is -2.16. The van der Waals surface area contributed by atoms with E-state index in [1.807, 2.05) is 19.0 Å². The average Bonchev–Trinajstić information content (AvgIpc) is 2.81. The number of benzene rings is 1. The van der Waals surface area contributed by atoms with Crippen molar-refractivity contribution in [3.8, 4) is 0 Å². The molecule has 1 aromatic carbocycles. The molecule has 0 bridgehead atoms. The summed E-state index contributed by atoms with van der Waals surface area (Å²) in [6, 6.07) is 5.10. The number of anilines is 2. The van der Waals surface area contributed by atoms with Gasteiger partial charge in [-0.1, -0.05) is 10.3 Å². The minimum Gasteiger partial charge on any atom is -0.455 e. The number of carbonyl (C=O) groups is 1. The van der Waals surface area contributed by atoms with Crippen LogP contribution in [0, 0.1) is 6.92 Å². The van der Waals surface area contributed by atoms with E-state index >= 15 is 0 Å². The van der Waals surface area contributed by atoms with Crippen LogP contribution < -0.4 is 10.6 Å². The molecule has 0 saturated heterocycles. The number of nitrogens with two attached hydrogens (primary N) is 1. The van der Waals surface area contributed by atoms with Crippen LogP contribution in [0.3, 0.4) is 0 Å². The number of aromatic nitrogens is 2. The zero-order valence-corrected chi connectivity index (χ0v) is 11.6. The van der Waals surface area contributed by atoms with Gasteiger partial charge in [0.1, 0.15) is 18.0 Å². The van der Waals surface area contributed by atoms with Gasteiger partial charge in [0.25, 0.3) is 0 Å². The first-order valence-corrected chi connectivity index (χ1v) is 6.01. The van der Waals surface area contributed by atoms with E-state index < -0.39 is 5.97 Å². The van der Waals surface area contributed by atoms with Gasteiger partial charge in [-0.05, 0) is 25.1 Å². The minimum atomic E-state index is -0.469. The van der Waals surface area contributed by atoms with Crippen LogP contribution in [0.1, 0.15) is 21.7 Å². The van der Waals surface area contributed by atoms with Crippen molar-refractivity contribution in [2.45, 2.75) is 13.5 Å². The first-order valence-electron chi connectivity index (χ1n) is 6.01. The van der Waals surface area contributed by atoms with E-state index in [4.69, 9.17) is 10.5 Å². The Hall–Kier alpha value is -2.57. The molecule has 7 nitrogen and oxygen atoms in total. The summed E-state index contributed by atoms with van der Waals surface area (Å²) < 4.78 is 9.76. The molecule has 0 aliphatic rings. The van der Waals surface area contributed by atoms with E-state index in [9.17, 15) is 4.79 Å². The van der Waals surface area contributed by atoms with Gasteiger partial charge in [-0.2, -0.15) is 0 Å². The van der Waals surface area contributed by atoms with E-state index in [-0.39, 0.29) is 6.61 Å². The fourth-order valence-corrected chi connectivity index (χ4v) is 1.70. The SMILES string of the molecule is Cc1nonc1COC(=O)c1cc(N)ccc1N(C)C. The third-order valence-corrected chi connectivity index (χ3v) is 2.81. The fourth-order valence-electron chi connectivity index (χ4n) is 1.70. The predicted octanol–water partition coefficient (Wildman–Crippen LogP) is 1.38. The highest BCUT2D eigenvalue weighted by atomic mass is 16.6. The quantitative estimate of drug-likeness (QED) is 0.665. The van der Waals surface area contributed by atoms with Crippen molar-refractivity contribution in [2.75, 3.05) is 24.7 Å². The molecule has 0 unspecified atom stereocenters. The Morgan fingerprint density at radius 3 is 2.75 bits per heavy atom. The highest BCUT2D eigenvalue weighted by Crippen LogP contribution is 2.22. The summed E-state index contributed by atoms with van der Waals surface area (Å²) in [5.41, 5.74) is 8.45. The summed E-state index contributed by atoms with van der Waals surface area (Å²) in [4.78, 5) is 14.0. The third-order valence-electron chi connectivity index (χ3n) is 2.81. The summed E-state index contributed by atoms with van der Waals surface area (Å²) in [6.45, 7) is 1.74. The molecular weight excluding hydrogens is 260 g/mol. The van der Waals surface area contributed by atoms with Crippen LogP contribution >= 0.6 is 0 Å². The van der Waals surface area contributed by atoms with Crippen LogP contribution in [0.2, 0.25) is 0 Å². The van der Waals surface area contributed by atoms with Crippen LogP contribution in [0.15, 0.2) is 22.8 Å². The first-order chi connectivity index (χ1) is 9.49. The Kier molecular flexibility index (Phi) is 3.88. The van der Waals surface area contributed by atoms with Gasteiger partial charge in [0.05, 0.1) is 11.3 Å². The molecule has 1 aromatic heterocycles. The molecule has 0 atom stereocenters. The molecule has 0 amide bonds. The van der Waals surface area contributed by atoms with E-state index in [1.165, 1.54) is 0 Å². The molecular formula is C13H16N4O3. The Morgan fingerprint density at radius 2 is 2.15 bits per heavy atom. The molecule has 7 heteroatoms. The standard InChI is InChI=1S/C13H16N4O3/c1-8-11(16-20-15-8)7-19-13(18)10-6-9(14)4-5-12(10)17(2)3/h4-6H,7,14H2,1-3H3. The first kappa shape index (κ1) is 13.9. The summed E-state index contributed by atoms with van der Waals surface area (Å²) in [7, 11) is 3.68. The fraction of sp³-hybridized carbons (Fsp3) is 0.308. The van der Waals surface area contributed by atoms with Crippen molar-refractivity contribution in [3.05, 3.63) is 35.2 Å². The molecule has 2 N–H and O–H groups in total. The number of hydrogen-bond acceptors (Lipinski definition) is 7. The van der Waals surface area contributed by atoms with Gasteiger partial charge in [-0.25, -0.2) is 9.42 Å². The van der Waals surface area contributed by atoms with Crippen molar-refractivity contribution in [3.63, 3.8) is 0 Å². The molecule has 0 fully saturated rings. The maximum Gasteiger partial charge on any atom is 0.340 e. The molecule has 0 spiro atoms. The highest BCUT2D eigenvalue weighted by Gasteiger charge is 2.16. The smallest absolute Gasteiger partial charge is 0.340 e. The third kappa shape index (κ3) is 2.87. The average molecular weight is 276 g/mol. The highest BCUT2D eigenvalue weighted by molar-refractivity contribution is 5.96. The minimum absolute atomic E-state index is 0.00976. The number of hydrogen-bond donors (Lipinski definition) is 1. The normalized spacial score (nSPS) is 10.3. The zero-order valence-electron chi connectivity index (χ0n) is 11.6. The number of nitrogen functional groups attached to an aromatic ring is 1. The zero-order chi connectivity index (χ0) is 14.7. The van der Waals surface area contributed by atoms with E-state index in [1.54, 1.807) is 25.1 Å². The Bertz CT molecular complexity index is 622. The lowest BCUT2D eigenvalue weighted by molar-refractivity contribution is 0.0464. The summed E-state index contributed by atoms with van der Waals surface area (Å²) in [5, 5.41) is 7.28. The molecule has 0 aliphatic carbocycles. The molecule has 1 heterocycles. The topological polar surface area (TPSA) is 94.5 Å². The van der Waals surface area contributed by atoms with Crippen molar-refractivity contribution in [1.29, 1.82) is 0 Å². The van der Waals surface area contributed by atoms with E-state index in [0.717, 1.165) is 5.69 Å². The molecule has 0 aliphatic heterocycles. The van der Waals surface area contributed by atoms with Crippen LogP contribution in [0.4, 0.5) is 11.4 Å². The van der Waals surface area contributed by atoms with Crippen molar-refractivity contribution < 1.29 is 14.2 Å². The van der Waals surface area contributed by atoms with Crippen molar-refractivity contribution >= 4 is 17.3 Å². The number of esters is 1. The molecule has 0 radical (unpaired) electrons. The molecule has 20 heavy (non-hydrogen) atoms. The summed E-state index contributed by atoms with van der Waals surface area (Å²) >= 11 is 0. The number of ether oxygens (including phenoxy) is 1. The lowest BCUT2D eigenvalue weighted by Gasteiger charge is -2.17. The van der Waals surface area contributed by atoms with Crippen LogP contribution in [-0.4, -0.2) is 30.4 Å². The maximum atomic E-state index is 12.1. The second kappa shape index (κ2) is 5.60. The monoisotopic (exact) mass is 276 g/mol. The van der Waals surface area contributed by atoms with Crippen LogP contribution in [-0.2, 0) is 11.3 Å². The van der Waals surface area contributed by atoms with Gasteiger partial charge in [0.15, 0.2) is 0 Å². The maximum absolute atomic E-state index is 12.1. The van der Waals surface area contributed by atoms with Gasteiger partial charge in [0, 0.05) is 19.8 Å². The predicted molar refractivity (Wildman–Crippen MR) is 73.3 cm³/mol. The Morgan fingerprint density at radius 1 is 1.40 bits per heavy atom.